The Morgan fingerprint density at radius 2 is 1.93 bits per heavy atom. The molecule has 3 rings (SSSR count). The SMILES string of the molecule is CCOc1ccc(-c2cc(-c3cccc([N+](=O)[O-])c3)c(C#N)c(N)n2)cc1. The Bertz CT molecular complexity index is 1040. The van der Waals surface area contributed by atoms with Crippen molar-refractivity contribution in [3.63, 3.8) is 0 Å². The van der Waals surface area contributed by atoms with E-state index in [9.17, 15) is 15.4 Å². The average molecular weight is 360 g/mol. The molecule has 0 amide bonds. The van der Waals surface area contributed by atoms with Crippen LogP contribution in [0.4, 0.5) is 11.5 Å². The summed E-state index contributed by atoms with van der Waals surface area (Å²) in [7, 11) is 0. The lowest BCUT2D eigenvalue weighted by molar-refractivity contribution is -0.384. The lowest BCUT2D eigenvalue weighted by atomic mass is 9.98. The van der Waals surface area contributed by atoms with Crippen LogP contribution in [0.1, 0.15) is 12.5 Å². The molecule has 0 aliphatic heterocycles. The van der Waals surface area contributed by atoms with Gasteiger partial charge in [0, 0.05) is 23.3 Å². The number of hydrogen-bond donors (Lipinski definition) is 1. The number of nitrogen functional groups attached to an aromatic ring is 1. The number of aromatic nitrogens is 1. The molecule has 0 fully saturated rings. The van der Waals surface area contributed by atoms with Crippen LogP contribution in [-0.2, 0) is 0 Å². The quantitative estimate of drug-likeness (QED) is 0.539. The molecule has 7 nitrogen and oxygen atoms in total. The zero-order chi connectivity index (χ0) is 19.4. The summed E-state index contributed by atoms with van der Waals surface area (Å²) in [5.41, 5.74) is 8.50. The van der Waals surface area contributed by atoms with Crippen LogP contribution < -0.4 is 10.5 Å². The van der Waals surface area contributed by atoms with Crippen molar-refractivity contribution in [2.24, 2.45) is 0 Å². The number of benzene rings is 2. The molecule has 27 heavy (non-hydrogen) atoms. The molecule has 1 heterocycles. The number of ether oxygens (including phenoxy) is 1. The van der Waals surface area contributed by atoms with Crippen LogP contribution >= 0.6 is 0 Å². The molecular weight excluding hydrogens is 344 g/mol. The van der Waals surface area contributed by atoms with Crippen LogP contribution in [-0.4, -0.2) is 16.5 Å². The predicted molar refractivity (Wildman–Crippen MR) is 102 cm³/mol. The third-order valence-electron chi connectivity index (χ3n) is 3.99. The maximum Gasteiger partial charge on any atom is 0.270 e. The number of rotatable bonds is 5. The molecule has 7 heteroatoms. The Labute approximate surface area is 155 Å². The smallest absolute Gasteiger partial charge is 0.270 e. The molecule has 2 N–H and O–H groups in total. The van der Waals surface area contributed by atoms with Crippen molar-refractivity contribution in [2.45, 2.75) is 6.92 Å². The van der Waals surface area contributed by atoms with Gasteiger partial charge in [-0.2, -0.15) is 5.26 Å². The van der Waals surface area contributed by atoms with Gasteiger partial charge in [-0.1, -0.05) is 12.1 Å². The summed E-state index contributed by atoms with van der Waals surface area (Å²) in [5.74, 6) is 0.812. The molecule has 0 atom stereocenters. The monoisotopic (exact) mass is 360 g/mol. The minimum absolute atomic E-state index is 0.0607. The average Bonchev–Trinajstić information content (AvgIpc) is 2.68. The van der Waals surface area contributed by atoms with E-state index in [-0.39, 0.29) is 17.1 Å². The first-order chi connectivity index (χ1) is 13.0. The number of nitrogens with two attached hydrogens (primary N) is 1. The van der Waals surface area contributed by atoms with E-state index in [0.29, 0.717) is 23.4 Å². The molecular formula is C20H16N4O3. The van der Waals surface area contributed by atoms with Crippen molar-refractivity contribution in [3.05, 3.63) is 70.3 Å². The summed E-state index contributed by atoms with van der Waals surface area (Å²) < 4.78 is 5.43. The van der Waals surface area contributed by atoms with E-state index in [0.717, 1.165) is 11.3 Å². The Hall–Kier alpha value is -3.92. The predicted octanol–water partition coefficient (Wildman–Crippen LogP) is 4.18. The van der Waals surface area contributed by atoms with Gasteiger partial charge in [-0.05, 0) is 42.8 Å². The summed E-state index contributed by atoms with van der Waals surface area (Å²) in [6.07, 6.45) is 0. The van der Waals surface area contributed by atoms with Crippen LogP contribution in [0.2, 0.25) is 0 Å². The molecule has 0 aliphatic rings. The Morgan fingerprint density at radius 3 is 2.56 bits per heavy atom. The number of nitro groups is 1. The Kier molecular flexibility index (Phi) is 4.99. The zero-order valence-electron chi connectivity index (χ0n) is 14.5. The van der Waals surface area contributed by atoms with Gasteiger partial charge in [-0.25, -0.2) is 4.98 Å². The normalized spacial score (nSPS) is 10.2. The number of non-ortho nitro benzene ring substituents is 1. The first-order valence-electron chi connectivity index (χ1n) is 8.22. The number of anilines is 1. The van der Waals surface area contributed by atoms with Crippen molar-refractivity contribution in [1.82, 2.24) is 4.98 Å². The molecule has 1 aromatic heterocycles. The van der Waals surface area contributed by atoms with Crippen LogP contribution in [0.25, 0.3) is 22.4 Å². The number of nitro benzene ring substituents is 1. The molecule has 0 bridgehead atoms. The van der Waals surface area contributed by atoms with E-state index >= 15 is 0 Å². The second kappa shape index (κ2) is 7.54. The number of pyridine rings is 1. The maximum atomic E-state index is 11.1. The van der Waals surface area contributed by atoms with Gasteiger partial charge in [0.2, 0.25) is 0 Å². The van der Waals surface area contributed by atoms with Crippen LogP contribution in [0.3, 0.4) is 0 Å². The largest absolute Gasteiger partial charge is 0.494 e. The highest BCUT2D eigenvalue weighted by Gasteiger charge is 2.15. The van der Waals surface area contributed by atoms with Gasteiger partial charge in [-0.3, -0.25) is 10.1 Å². The van der Waals surface area contributed by atoms with Crippen LogP contribution in [0, 0.1) is 21.4 Å². The molecule has 0 radical (unpaired) electrons. The van der Waals surface area contributed by atoms with Crippen molar-refractivity contribution in [3.8, 4) is 34.2 Å². The molecule has 0 spiro atoms. The molecule has 134 valence electrons. The van der Waals surface area contributed by atoms with Gasteiger partial charge in [0.25, 0.3) is 5.69 Å². The number of nitriles is 1. The molecule has 0 aliphatic carbocycles. The van der Waals surface area contributed by atoms with Crippen molar-refractivity contribution >= 4 is 11.5 Å². The van der Waals surface area contributed by atoms with Gasteiger partial charge in [0.1, 0.15) is 23.2 Å². The summed E-state index contributed by atoms with van der Waals surface area (Å²) in [6.45, 7) is 2.47. The van der Waals surface area contributed by atoms with Crippen LogP contribution in [0.15, 0.2) is 54.6 Å². The van der Waals surface area contributed by atoms with E-state index in [4.69, 9.17) is 10.5 Å². The summed E-state index contributed by atoms with van der Waals surface area (Å²) in [4.78, 5) is 14.9. The summed E-state index contributed by atoms with van der Waals surface area (Å²) in [5, 5.41) is 20.5. The number of nitrogens with zero attached hydrogens (tertiary/aromatic N) is 3. The molecule has 0 saturated heterocycles. The van der Waals surface area contributed by atoms with E-state index in [1.807, 2.05) is 37.3 Å². The van der Waals surface area contributed by atoms with Gasteiger partial charge >= 0.3 is 0 Å². The van der Waals surface area contributed by atoms with E-state index in [1.54, 1.807) is 18.2 Å². The van der Waals surface area contributed by atoms with E-state index in [2.05, 4.69) is 4.98 Å². The van der Waals surface area contributed by atoms with Crippen LogP contribution in [0.5, 0.6) is 5.75 Å². The zero-order valence-corrected chi connectivity index (χ0v) is 14.5. The van der Waals surface area contributed by atoms with Crippen molar-refractivity contribution in [2.75, 3.05) is 12.3 Å². The fourth-order valence-electron chi connectivity index (χ4n) is 2.73. The third kappa shape index (κ3) is 3.70. The fourth-order valence-corrected chi connectivity index (χ4v) is 2.73. The fraction of sp³-hybridized carbons (Fsp3) is 0.100. The Morgan fingerprint density at radius 1 is 1.19 bits per heavy atom. The van der Waals surface area contributed by atoms with Gasteiger partial charge in [-0.15, -0.1) is 0 Å². The molecule has 2 aromatic carbocycles. The molecule has 0 saturated carbocycles. The van der Waals surface area contributed by atoms with Crippen molar-refractivity contribution < 1.29 is 9.66 Å². The lowest BCUT2D eigenvalue weighted by Gasteiger charge is -2.11. The topological polar surface area (TPSA) is 115 Å². The second-order valence-electron chi connectivity index (χ2n) is 5.69. The van der Waals surface area contributed by atoms with Crippen molar-refractivity contribution in [1.29, 1.82) is 5.26 Å². The highest BCUT2D eigenvalue weighted by Crippen LogP contribution is 2.33. The summed E-state index contributed by atoms with van der Waals surface area (Å²) >= 11 is 0. The molecule has 3 aromatic rings. The first-order valence-corrected chi connectivity index (χ1v) is 8.22. The Balaban J connectivity index is 2.13. The van der Waals surface area contributed by atoms with Gasteiger partial charge in [0.05, 0.1) is 17.2 Å². The van der Waals surface area contributed by atoms with Gasteiger partial charge in [0.15, 0.2) is 0 Å². The second-order valence-corrected chi connectivity index (χ2v) is 5.69. The van der Waals surface area contributed by atoms with E-state index < -0.39 is 4.92 Å². The third-order valence-corrected chi connectivity index (χ3v) is 3.99. The lowest BCUT2D eigenvalue weighted by Crippen LogP contribution is -2.00. The van der Waals surface area contributed by atoms with E-state index in [1.165, 1.54) is 12.1 Å². The maximum absolute atomic E-state index is 11.1. The highest BCUT2D eigenvalue weighted by atomic mass is 16.6. The first kappa shape index (κ1) is 17.9. The highest BCUT2D eigenvalue weighted by molar-refractivity contribution is 5.81. The summed E-state index contributed by atoms with van der Waals surface area (Å²) in [6, 6.07) is 17.2. The standard InChI is InChI=1S/C20H16N4O3/c1-2-27-16-8-6-13(7-9-16)19-11-17(18(12-21)20(22)23-19)14-4-3-5-15(10-14)24(25)26/h3-11H,2H2,1H3,(H2,22,23). The van der Waals surface area contributed by atoms with Gasteiger partial charge < -0.3 is 10.5 Å². The molecule has 0 unspecified atom stereocenters. The minimum Gasteiger partial charge on any atom is -0.494 e. The number of hydrogen-bond acceptors (Lipinski definition) is 6. The minimum atomic E-state index is -0.479.